The van der Waals surface area contributed by atoms with Gasteiger partial charge in [-0.1, -0.05) is 38.3 Å². The molecule has 3 rings (SSSR count). The van der Waals surface area contributed by atoms with Crippen LogP contribution in [-0.2, 0) is 11.3 Å². The summed E-state index contributed by atoms with van der Waals surface area (Å²) in [6.07, 6.45) is 8.08. The minimum absolute atomic E-state index is 0. The first-order valence-electron chi connectivity index (χ1n) is 10.8. The Hall–Kier alpha value is -1.35. The van der Waals surface area contributed by atoms with Gasteiger partial charge < -0.3 is 16.4 Å². The summed E-state index contributed by atoms with van der Waals surface area (Å²) in [4.78, 5) is 19.4. The Bertz CT molecular complexity index is 675. The number of likely N-dealkylation sites (tertiary alicyclic amines) is 1. The number of carbonyl (C=O) groups is 1. The van der Waals surface area contributed by atoms with Gasteiger partial charge in [-0.2, -0.15) is 0 Å². The number of likely N-dealkylation sites (N-methyl/N-ethyl adjacent to an activating group) is 1. The number of guanidine groups is 1. The van der Waals surface area contributed by atoms with Crippen molar-refractivity contribution in [2.24, 2.45) is 16.6 Å². The lowest BCUT2D eigenvalue weighted by molar-refractivity contribution is -0.120. The summed E-state index contributed by atoms with van der Waals surface area (Å²) in [7, 11) is 0. The lowest BCUT2D eigenvalue weighted by Crippen LogP contribution is -2.42. The van der Waals surface area contributed by atoms with Crippen LogP contribution in [-0.4, -0.2) is 42.4 Å². The lowest BCUT2D eigenvalue weighted by atomic mass is 9.88. The van der Waals surface area contributed by atoms with Gasteiger partial charge in [0.2, 0.25) is 5.91 Å². The van der Waals surface area contributed by atoms with Crippen LogP contribution < -0.4 is 16.4 Å². The van der Waals surface area contributed by atoms with Crippen LogP contribution in [0.4, 0.5) is 5.69 Å². The van der Waals surface area contributed by atoms with Gasteiger partial charge in [-0.25, -0.2) is 4.99 Å². The average Bonchev–Trinajstić information content (AvgIpc) is 3.19. The number of carbonyl (C=O) groups excluding carboxylic acids is 1. The van der Waals surface area contributed by atoms with Crippen molar-refractivity contribution in [3.63, 3.8) is 0 Å². The summed E-state index contributed by atoms with van der Waals surface area (Å²) in [5.41, 5.74) is 7.94. The van der Waals surface area contributed by atoms with Crippen molar-refractivity contribution in [1.82, 2.24) is 10.2 Å². The molecule has 1 saturated carbocycles. The fourth-order valence-electron chi connectivity index (χ4n) is 4.35. The Labute approximate surface area is 192 Å². The highest BCUT2D eigenvalue weighted by atomic mass is 127. The number of hydrogen-bond donors (Lipinski definition) is 3. The summed E-state index contributed by atoms with van der Waals surface area (Å²) in [6.45, 7) is 5.83. The second-order valence-electron chi connectivity index (χ2n) is 8.03. The zero-order chi connectivity index (χ0) is 19.8. The minimum atomic E-state index is 0. The minimum Gasteiger partial charge on any atom is -0.370 e. The molecule has 0 spiro atoms. The molecule has 1 aromatic carbocycles. The number of amides is 1. The van der Waals surface area contributed by atoms with Gasteiger partial charge in [0.1, 0.15) is 0 Å². The molecule has 1 heterocycles. The second kappa shape index (κ2) is 12.4. The Morgan fingerprint density at radius 3 is 2.76 bits per heavy atom. The van der Waals surface area contributed by atoms with Crippen molar-refractivity contribution in [2.75, 3.05) is 25.0 Å². The van der Waals surface area contributed by atoms with E-state index in [4.69, 9.17) is 5.73 Å². The van der Waals surface area contributed by atoms with Crippen LogP contribution in [0.5, 0.6) is 0 Å². The number of halogens is 1. The quantitative estimate of drug-likeness (QED) is 0.295. The standard InChI is InChI=1S/C22H35N5O.HI/c1-2-27-13-7-12-20(27)16-25-22(23)24-15-17-8-6-11-19(14-17)26-21(28)18-9-4-3-5-10-18;/h6,8,11,14,18,20H,2-5,7,9-10,12-13,15-16H2,1H3,(H,26,28)(H3,23,24,25);1H. The molecule has 0 radical (unpaired) electrons. The molecule has 6 nitrogen and oxygen atoms in total. The molecule has 0 aromatic heterocycles. The van der Waals surface area contributed by atoms with E-state index in [9.17, 15) is 4.79 Å². The third kappa shape index (κ3) is 7.44. The van der Waals surface area contributed by atoms with Crippen LogP contribution in [0.15, 0.2) is 29.3 Å². The summed E-state index contributed by atoms with van der Waals surface area (Å²) < 4.78 is 0. The van der Waals surface area contributed by atoms with Crippen molar-refractivity contribution in [3.05, 3.63) is 29.8 Å². The van der Waals surface area contributed by atoms with E-state index in [1.165, 1.54) is 25.8 Å². The monoisotopic (exact) mass is 513 g/mol. The van der Waals surface area contributed by atoms with Crippen molar-refractivity contribution in [2.45, 2.75) is 64.5 Å². The van der Waals surface area contributed by atoms with Gasteiger partial charge in [0.05, 0.1) is 6.54 Å². The number of nitrogens with two attached hydrogens (primary N) is 1. The molecule has 2 fully saturated rings. The number of rotatable bonds is 7. The molecule has 162 valence electrons. The third-order valence-electron chi connectivity index (χ3n) is 6.03. The van der Waals surface area contributed by atoms with Gasteiger partial charge in [0.25, 0.3) is 0 Å². The molecule has 1 aliphatic heterocycles. The summed E-state index contributed by atoms with van der Waals surface area (Å²) >= 11 is 0. The lowest BCUT2D eigenvalue weighted by Gasteiger charge is -2.23. The van der Waals surface area contributed by atoms with E-state index in [1.54, 1.807) is 0 Å². The molecular weight excluding hydrogens is 477 g/mol. The molecule has 1 aromatic rings. The molecule has 29 heavy (non-hydrogen) atoms. The van der Waals surface area contributed by atoms with Crippen LogP contribution in [0.25, 0.3) is 0 Å². The Morgan fingerprint density at radius 2 is 2.00 bits per heavy atom. The number of nitrogens with one attached hydrogen (secondary N) is 2. The molecule has 1 atom stereocenters. The summed E-state index contributed by atoms with van der Waals surface area (Å²) in [5.74, 6) is 0.798. The zero-order valence-electron chi connectivity index (χ0n) is 17.5. The van der Waals surface area contributed by atoms with Crippen LogP contribution in [0.3, 0.4) is 0 Å². The fourth-order valence-corrected chi connectivity index (χ4v) is 4.35. The van der Waals surface area contributed by atoms with E-state index < -0.39 is 0 Å². The Kier molecular flexibility index (Phi) is 10.2. The van der Waals surface area contributed by atoms with Crippen molar-refractivity contribution in [3.8, 4) is 0 Å². The van der Waals surface area contributed by atoms with Crippen LogP contribution in [0.1, 0.15) is 57.4 Å². The molecule has 4 N–H and O–H groups in total. The van der Waals surface area contributed by atoms with Gasteiger partial charge in [-0.15, -0.1) is 24.0 Å². The van der Waals surface area contributed by atoms with Gasteiger partial charge in [-0.05, 0) is 56.5 Å². The van der Waals surface area contributed by atoms with Crippen molar-refractivity contribution in [1.29, 1.82) is 0 Å². The number of aliphatic imine (C=N–C) groups is 1. The Balaban J connectivity index is 0.00000300. The topological polar surface area (TPSA) is 82.8 Å². The zero-order valence-corrected chi connectivity index (χ0v) is 19.9. The molecule has 1 unspecified atom stereocenters. The van der Waals surface area contributed by atoms with Crippen LogP contribution >= 0.6 is 24.0 Å². The fraction of sp³-hybridized carbons (Fsp3) is 0.636. The van der Waals surface area contributed by atoms with E-state index in [0.717, 1.165) is 50.0 Å². The normalized spacial score (nSPS) is 20.9. The molecule has 0 bridgehead atoms. The first kappa shape index (κ1) is 23.9. The number of anilines is 1. The summed E-state index contributed by atoms with van der Waals surface area (Å²) in [5, 5.41) is 6.34. The smallest absolute Gasteiger partial charge is 0.227 e. The molecular formula is C22H36IN5O. The third-order valence-corrected chi connectivity index (χ3v) is 6.03. The maximum Gasteiger partial charge on any atom is 0.227 e. The van der Waals surface area contributed by atoms with E-state index in [1.807, 2.05) is 24.3 Å². The Morgan fingerprint density at radius 1 is 1.21 bits per heavy atom. The van der Waals surface area contributed by atoms with Gasteiger partial charge >= 0.3 is 0 Å². The second-order valence-corrected chi connectivity index (χ2v) is 8.03. The molecule has 1 amide bonds. The predicted octanol–water partition coefficient (Wildman–Crippen LogP) is 3.71. The number of benzene rings is 1. The molecule has 1 aliphatic carbocycles. The van der Waals surface area contributed by atoms with Gasteiger partial charge in [-0.3, -0.25) is 9.69 Å². The van der Waals surface area contributed by atoms with Crippen LogP contribution in [0, 0.1) is 5.92 Å². The number of nitrogens with zero attached hydrogens (tertiary/aromatic N) is 2. The highest BCUT2D eigenvalue weighted by Gasteiger charge is 2.22. The van der Waals surface area contributed by atoms with Gasteiger partial charge in [0, 0.05) is 24.2 Å². The summed E-state index contributed by atoms with van der Waals surface area (Å²) in [6, 6.07) is 8.46. The first-order chi connectivity index (χ1) is 13.7. The maximum atomic E-state index is 12.4. The van der Waals surface area contributed by atoms with E-state index in [2.05, 4.69) is 27.4 Å². The van der Waals surface area contributed by atoms with E-state index in [-0.39, 0.29) is 35.8 Å². The SMILES string of the molecule is CCN1CCCC1CNC(N)=NCc1cccc(NC(=O)C2CCCCC2)c1.I. The molecule has 1 saturated heterocycles. The maximum absolute atomic E-state index is 12.4. The molecule has 2 aliphatic rings. The van der Waals surface area contributed by atoms with Crippen molar-refractivity contribution >= 4 is 41.5 Å². The number of hydrogen-bond acceptors (Lipinski definition) is 3. The highest BCUT2D eigenvalue weighted by molar-refractivity contribution is 14.0. The molecule has 7 heteroatoms. The van der Waals surface area contributed by atoms with E-state index in [0.29, 0.717) is 18.5 Å². The highest BCUT2D eigenvalue weighted by Crippen LogP contribution is 2.25. The largest absolute Gasteiger partial charge is 0.370 e. The van der Waals surface area contributed by atoms with E-state index >= 15 is 0 Å². The predicted molar refractivity (Wildman–Crippen MR) is 131 cm³/mol. The van der Waals surface area contributed by atoms with Crippen LogP contribution in [0.2, 0.25) is 0 Å². The average molecular weight is 513 g/mol. The first-order valence-corrected chi connectivity index (χ1v) is 10.8. The van der Waals surface area contributed by atoms with Crippen molar-refractivity contribution < 1.29 is 4.79 Å². The van der Waals surface area contributed by atoms with Gasteiger partial charge in [0.15, 0.2) is 5.96 Å².